The second-order valence-electron chi connectivity index (χ2n) is 6.95. The van der Waals surface area contributed by atoms with Gasteiger partial charge in [-0.25, -0.2) is 15.0 Å². The van der Waals surface area contributed by atoms with Gasteiger partial charge in [0.1, 0.15) is 5.82 Å². The van der Waals surface area contributed by atoms with E-state index in [1.165, 1.54) is 29.8 Å². The molecule has 0 amide bonds. The molecule has 0 unspecified atom stereocenters. The van der Waals surface area contributed by atoms with E-state index in [2.05, 4.69) is 38.9 Å². The maximum atomic E-state index is 4.80. The second kappa shape index (κ2) is 7.79. The van der Waals surface area contributed by atoms with Gasteiger partial charge in [0.15, 0.2) is 5.82 Å². The first kappa shape index (κ1) is 16.9. The molecule has 4 rings (SSSR count). The van der Waals surface area contributed by atoms with Gasteiger partial charge in [-0.3, -0.25) is 4.90 Å². The predicted octanol–water partition coefficient (Wildman–Crippen LogP) is 3.77. The van der Waals surface area contributed by atoms with Crippen LogP contribution >= 0.6 is 0 Å². The lowest BCUT2D eigenvalue weighted by atomic mass is 10.1. The van der Waals surface area contributed by atoms with E-state index in [-0.39, 0.29) is 0 Å². The number of nitrogens with one attached hydrogen (secondary N) is 1. The highest BCUT2D eigenvalue weighted by Gasteiger charge is 2.19. The van der Waals surface area contributed by atoms with Crippen molar-refractivity contribution in [3.8, 4) is 11.4 Å². The Kier molecular flexibility index (Phi) is 5.07. The van der Waals surface area contributed by atoms with Crippen LogP contribution in [0.1, 0.15) is 42.5 Å². The van der Waals surface area contributed by atoms with Crippen LogP contribution in [0, 0.1) is 0 Å². The van der Waals surface area contributed by atoms with E-state index >= 15 is 0 Å². The van der Waals surface area contributed by atoms with Crippen LogP contribution in [0.15, 0.2) is 42.7 Å². The Balaban J connectivity index is 1.42. The SMILES string of the molecule is CCCCc1ncc(CN2CCc3nc(-c4ccccc4)ncc3C2)[nH]1. The molecule has 1 aromatic carbocycles. The number of hydrogen-bond donors (Lipinski definition) is 1. The molecule has 0 aliphatic carbocycles. The number of aromatic nitrogens is 4. The molecule has 1 aliphatic rings. The second-order valence-corrected chi connectivity index (χ2v) is 6.95. The average Bonchev–Trinajstić information content (AvgIpc) is 3.14. The predicted molar refractivity (Wildman–Crippen MR) is 102 cm³/mol. The van der Waals surface area contributed by atoms with Crippen molar-refractivity contribution in [3.63, 3.8) is 0 Å². The van der Waals surface area contributed by atoms with Crippen LogP contribution in [0.5, 0.6) is 0 Å². The number of imidazole rings is 1. The van der Waals surface area contributed by atoms with E-state index < -0.39 is 0 Å². The quantitative estimate of drug-likeness (QED) is 0.737. The van der Waals surface area contributed by atoms with E-state index in [0.717, 1.165) is 49.7 Å². The van der Waals surface area contributed by atoms with Gasteiger partial charge in [-0.15, -0.1) is 0 Å². The third kappa shape index (κ3) is 3.83. The Morgan fingerprint density at radius 2 is 2.00 bits per heavy atom. The topological polar surface area (TPSA) is 57.7 Å². The van der Waals surface area contributed by atoms with Crippen molar-refractivity contribution >= 4 is 0 Å². The molecule has 0 fully saturated rings. The summed E-state index contributed by atoms with van der Waals surface area (Å²) in [4.78, 5) is 19.8. The third-order valence-corrected chi connectivity index (χ3v) is 4.89. The highest BCUT2D eigenvalue weighted by Crippen LogP contribution is 2.21. The number of benzene rings is 1. The summed E-state index contributed by atoms with van der Waals surface area (Å²) in [6.07, 6.45) is 8.37. The van der Waals surface area contributed by atoms with Crippen molar-refractivity contribution in [1.82, 2.24) is 24.8 Å². The molecule has 0 radical (unpaired) electrons. The highest BCUT2D eigenvalue weighted by atomic mass is 15.1. The molecule has 0 saturated heterocycles. The van der Waals surface area contributed by atoms with Gasteiger partial charge in [0.2, 0.25) is 0 Å². The van der Waals surface area contributed by atoms with E-state index in [1.807, 2.05) is 30.6 Å². The number of fused-ring (bicyclic) bond motifs is 1. The number of unbranched alkanes of at least 4 members (excludes halogenated alkanes) is 1. The van der Waals surface area contributed by atoms with Gasteiger partial charge < -0.3 is 4.98 Å². The summed E-state index contributed by atoms with van der Waals surface area (Å²) in [6, 6.07) is 10.2. The number of rotatable bonds is 6. The zero-order valence-electron chi connectivity index (χ0n) is 15.3. The number of hydrogen-bond acceptors (Lipinski definition) is 4. The molecule has 1 aliphatic heterocycles. The van der Waals surface area contributed by atoms with Gasteiger partial charge in [-0.2, -0.15) is 0 Å². The molecule has 3 aromatic rings. The van der Waals surface area contributed by atoms with Gasteiger partial charge in [-0.1, -0.05) is 43.7 Å². The molecule has 0 spiro atoms. The Labute approximate surface area is 154 Å². The number of H-pyrrole nitrogens is 1. The maximum absolute atomic E-state index is 4.80. The molecule has 2 aromatic heterocycles. The smallest absolute Gasteiger partial charge is 0.159 e. The Bertz CT molecular complexity index is 856. The van der Waals surface area contributed by atoms with Crippen LogP contribution in [0.3, 0.4) is 0 Å². The lowest BCUT2D eigenvalue weighted by molar-refractivity contribution is 0.240. The maximum Gasteiger partial charge on any atom is 0.159 e. The molecular weight excluding hydrogens is 322 g/mol. The Morgan fingerprint density at radius 1 is 1.12 bits per heavy atom. The summed E-state index contributed by atoms with van der Waals surface area (Å²) in [5, 5.41) is 0. The van der Waals surface area contributed by atoms with E-state index in [4.69, 9.17) is 4.98 Å². The van der Waals surface area contributed by atoms with Crippen LogP contribution < -0.4 is 0 Å². The minimum Gasteiger partial charge on any atom is -0.345 e. The Morgan fingerprint density at radius 3 is 2.85 bits per heavy atom. The molecule has 5 nitrogen and oxygen atoms in total. The fraction of sp³-hybridized carbons (Fsp3) is 0.381. The van der Waals surface area contributed by atoms with Crippen LogP contribution in [0.25, 0.3) is 11.4 Å². The highest BCUT2D eigenvalue weighted by molar-refractivity contribution is 5.54. The number of aryl methyl sites for hydroxylation is 1. The van der Waals surface area contributed by atoms with Crippen LogP contribution in [-0.2, 0) is 25.9 Å². The number of aromatic amines is 1. The fourth-order valence-electron chi connectivity index (χ4n) is 3.43. The zero-order valence-corrected chi connectivity index (χ0v) is 15.3. The third-order valence-electron chi connectivity index (χ3n) is 4.89. The molecule has 26 heavy (non-hydrogen) atoms. The lowest BCUT2D eigenvalue weighted by Gasteiger charge is -2.27. The molecule has 0 bridgehead atoms. The molecule has 0 atom stereocenters. The van der Waals surface area contributed by atoms with Crippen LogP contribution in [-0.4, -0.2) is 31.4 Å². The van der Waals surface area contributed by atoms with Crippen molar-refractivity contribution < 1.29 is 0 Å². The first-order valence-corrected chi connectivity index (χ1v) is 9.47. The van der Waals surface area contributed by atoms with Crippen molar-refractivity contribution in [2.45, 2.75) is 45.7 Å². The summed E-state index contributed by atoms with van der Waals surface area (Å²) in [7, 11) is 0. The van der Waals surface area contributed by atoms with Crippen LogP contribution in [0.2, 0.25) is 0 Å². The van der Waals surface area contributed by atoms with Crippen molar-refractivity contribution in [3.05, 3.63) is 65.5 Å². The first-order valence-electron chi connectivity index (χ1n) is 9.47. The average molecular weight is 347 g/mol. The zero-order chi connectivity index (χ0) is 17.8. The van der Waals surface area contributed by atoms with Gasteiger partial charge >= 0.3 is 0 Å². The molecule has 0 saturated carbocycles. The molecule has 3 heterocycles. The van der Waals surface area contributed by atoms with E-state index in [9.17, 15) is 0 Å². The van der Waals surface area contributed by atoms with Crippen molar-refractivity contribution in [2.24, 2.45) is 0 Å². The van der Waals surface area contributed by atoms with Crippen molar-refractivity contribution in [1.29, 1.82) is 0 Å². The molecular formula is C21H25N5. The lowest BCUT2D eigenvalue weighted by Crippen LogP contribution is -2.31. The molecule has 134 valence electrons. The van der Waals surface area contributed by atoms with E-state index in [1.54, 1.807) is 0 Å². The van der Waals surface area contributed by atoms with Crippen LogP contribution in [0.4, 0.5) is 0 Å². The summed E-state index contributed by atoms with van der Waals surface area (Å²) >= 11 is 0. The summed E-state index contributed by atoms with van der Waals surface area (Å²) < 4.78 is 0. The normalized spacial score (nSPS) is 14.3. The minimum atomic E-state index is 0.826. The first-order chi connectivity index (χ1) is 12.8. The summed E-state index contributed by atoms with van der Waals surface area (Å²) in [6.45, 7) is 5.02. The van der Waals surface area contributed by atoms with Gasteiger partial charge in [0.05, 0.1) is 5.69 Å². The van der Waals surface area contributed by atoms with Gasteiger partial charge in [-0.05, 0) is 6.42 Å². The monoisotopic (exact) mass is 347 g/mol. The molecule has 5 heteroatoms. The standard InChI is InChI=1S/C21H25N5/c1-2-3-9-20-22-13-18(24-20)15-26-11-10-19-17(14-26)12-23-21(25-19)16-7-5-4-6-8-16/h4-8,12-13H,2-3,9-11,14-15H2,1H3,(H,22,24). The summed E-state index contributed by atoms with van der Waals surface area (Å²) in [5.74, 6) is 1.93. The minimum absolute atomic E-state index is 0.826. The van der Waals surface area contributed by atoms with Gasteiger partial charge in [0, 0.05) is 61.7 Å². The van der Waals surface area contributed by atoms with Gasteiger partial charge in [0.25, 0.3) is 0 Å². The Hall–Kier alpha value is -2.53. The molecule has 1 N–H and O–H groups in total. The summed E-state index contributed by atoms with van der Waals surface area (Å²) in [5.41, 5.74) is 4.70. The fourth-order valence-corrected chi connectivity index (χ4v) is 3.43. The van der Waals surface area contributed by atoms with E-state index in [0.29, 0.717) is 0 Å². The van der Waals surface area contributed by atoms with Crippen molar-refractivity contribution in [2.75, 3.05) is 6.54 Å². The largest absolute Gasteiger partial charge is 0.345 e. The number of nitrogens with zero attached hydrogens (tertiary/aromatic N) is 4.